The molecule has 0 radical (unpaired) electrons. The van der Waals surface area contributed by atoms with Gasteiger partial charge >= 0.3 is 0 Å². The summed E-state index contributed by atoms with van der Waals surface area (Å²) in [6.45, 7) is 1.81. The SMILES string of the molecule is C/C(=N/NC(=O)CSc1nnc(-c2ccc(Cl)cc2)n1-c1ccc(Cl)cc1)c1cccnc1. The third-order valence-electron chi connectivity index (χ3n) is 4.58. The van der Waals surface area contributed by atoms with E-state index in [1.165, 1.54) is 11.8 Å². The molecule has 1 N–H and O–H groups in total. The molecule has 166 valence electrons. The number of benzene rings is 2. The van der Waals surface area contributed by atoms with Gasteiger partial charge in [-0.2, -0.15) is 5.10 Å². The summed E-state index contributed by atoms with van der Waals surface area (Å²) in [5, 5.41) is 14.6. The number of hydrogen-bond acceptors (Lipinski definition) is 6. The number of hydrazone groups is 1. The van der Waals surface area contributed by atoms with Crippen molar-refractivity contribution < 1.29 is 4.79 Å². The van der Waals surface area contributed by atoms with Gasteiger partial charge in [0.05, 0.1) is 11.5 Å². The van der Waals surface area contributed by atoms with Crippen molar-refractivity contribution in [1.29, 1.82) is 0 Å². The Kier molecular flexibility index (Phi) is 7.39. The van der Waals surface area contributed by atoms with Crippen LogP contribution in [0.25, 0.3) is 17.1 Å². The molecule has 0 saturated heterocycles. The highest BCUT2D eigenvalue weighted by molar-refractivity contribution is 7.99. The highest BCUT2D eigenvalue weighted by Gasteiger charge is 2.17. The highest BCUT2D eigenvalue weighted by Crippen LogP contribution is 2.29. The average Bonchev–Trinajstić information content (AvgIpc) is 3.26. The number of nitrogens with one attached hydrogen (secondary N) is 1. The maximum atomic E-state index is 12.4. The highest BCUT2D eigenvalue weighted by atomic mass is 35.5. The maximum absolute atomic E-state index is 12.4. The number of halogens is 2. The van der Waals surface area contributed by atoms with Gasteiger partial charge in [0.25, 0.3) is 5.91 Å². The maximum Gasteiger partial charge on any atom is 0.250 e. The van der Waals surface area contributed by atoms with Gasteiger partial charge in [0.1, 0.15) is 0 Å². The van der Waals surface area contributed by atoms with Gasteiger partial charge < -0.3 is 0 Å². The normalized spacial score (nSPS) is 11.4. The Hall–Kier alpha value is -3.20. The van der Waals surface area contributed by atoms with E-state index >= 15 is 0 Å². The zero-order valence-electron chi connectivity index (χ0n) is 17.4. The molecule has 4 rings (SSSR count). The number of carbonyl (C=O) groups is 1. The van der Waals surface area contributed by atoms with E-state index in [4.69, 9.17) is 23.2 Å². The van der Waals surface area contributed by atoms with Crippen LogP contribution < -0.4 is 5.43 Å². The number of nitrogens with zero attached hydrogens (tertiary/aromatic N) is 5. The fourth-order valence-electron chi connectivity index (χ4n) is 2.92. The fraction of sp³-hybridized carbons (Fsp3) is 0.0870. The molecular formula is C23H18Cl2N6OS. The minimum Gasteiger partial charge on any atom is -0.272 e. The van der Waals surface area contributed by atoms with Crippen LogP contribution in [-0.4, -0.2) is 37.1 Å². The number of rotatable bonds is 7. The molecule has 0 fully saturated rings. The van der Waals surface area contributed by atoms with E-state index in [0.29, 0.717) is 26.7 Å². The van der Waals surface area contributed by atoms with E-state index in [1.54, 1.807) is 43.6 Å². The van der Waals surface area contributed by atoms with Gasteiger partial charge in [-0.05, 0) is 61.5 Å². The van der Waals surface area contributed by atoms with Crippen molar-refractivity contribution in [3.05, 3.63) is 88.7 Å². The summed E-state index contributed by atoms with van der Waals surface area (Å²) in [7, 11) is 0. The number of hydrogen-bond donors (Lipinski definition) is 1. The van der Waals surface area contributed by atoms with Crippen molar-refractivity contribution in [3.63, 3.8) is 0 Å². The van der Waals surface area contributed by atoms with Gasteiger partial charge in [0.2, 0.25) is 0 Å². The monoisotopic (exact) mass is 496 g/mol. The lowest BCUT2D eigenvalue weighted by Gasteiger charge is -2.10. The first-order valence-electron chi connectivity index (χ1n) is 9.85. The predicted octanol–water partition coefficient (Wildman–Crippen LogP) is 5.27. The average molecular weight is 497 g/mol. The third-order valence-corrected chi connectivity index (χ3v) is 6.01. The van der Waals surface area contributed by atoms with Crippen molar-refractivity contribution >= 4 is 46.6 Å². The number of amides is 1. The molecular weight excluding hydrogens is 479 g/mol. The molecule has 10 heteroatoms. The number of aromatic nitrogens is 4. The second-order valence-corrected chi connectivity index (χ2v) is 8.70. The van der Waals surface area contributed by atoms with Crippen molar-refractivity contribution in [1.82, 2.24) is 25.2 Å². The number of carbonyl (C=O) groups excluding carboxylic acids is 1. The molecule has 2 heterocycles. The molecule has 33 heavy (non-hydrogen) atoms. The molecule has 0 saturated carbocycles. The predicted molar refractivity (Wildman–Crippen MR) is 132 cm³/mol. The van der Waals surface area contributed by atoms with Gasteiger partial charge in [-0.25, -0.2) is 5.43 Å². The van der Waals surface area contributed by atoms with Gasteiger partial charge in [-0.3, -0.25) is 14.3 Å². The largest absolute Gasteiger partial charge is 0.272 e. The van der Waals surface area contributed by atoms with E-state index in [-0.39, 0.29) is 11.7 Å². The molecule has 2 aromatic carbocycles. The lowest BCUT2D eigenvalue weighted by atomic mass is 10.2. The summed E-state index contributed by atoms with van der Waals surface area (Å²) in [5.41, 5.74) is 5.73. The van der Waals surface area contributed by atoms with E-state index in [0.717, 1.165) is 16.8 Å². The number of pyridine rings is 1. The molecule has 0 aliphatic heterocycles. The summed E-state index contributed by atoms with van der Waals surface area (Å²) in [6.07, 6.45) is 3.37. The van der Waals surface area contributed by atoms with Crippen molar-refractivity contribution in [2.75, 3.05) is 5.75 Å². The summed E-state index contributed by atoms with van der Waals surface area (Å²) < 4.78 is 1.88. The van der Waals surface area contributed by atoms with Crippen molar-refractivity contribution in [2.45, 2.75) is 12.1 Å². The molecule has 0 bridgehead atoms. The molecule has 0 unspecified atom stereocenters. The smallest absolute Gasteiger partial charge is 0.250 e. The van der Waals surface area contributed by atoms with Crippen LogP contribution in [0.5, 0.6) is 0 Å². The first kappa shape index (κ1) is 23.0. The molecule has 0 aliphatic rings. The van der Waals surface area contributed by atoms with Crippen LogP contribution in [0.3, 0.4) is 0 Å². The van der Waals surface area contributed by atoms with E-state index < -0.39 is 0 Å². The third kappa shape index (κ3) is 5.78. The molecule has 0 atom stereocenters. The Morgan fingerprint density at radius 2 is 1.73 bits per heavy atom. The Balaban J connectivity index is 1.54. The summed E-state index contributed by atoms with van der Waals surface area (Å²) >= 11 is 13.4. The fourth-order valence-corrected chi connectivity index (χ4v) is 3.92. The first-order chi connectivity index (χ1) is 16.0. The summed E-state index contributed by atoms with van der Waals surface area (Å²) in [4.78, 5) is 16.5. The minimum atomic E-state index is -0.262. The Labute approximate surface area is 204 Å². The van der Waals surface area contributed by atoms with E-state index in [1.807, 2.05) is 41.0 Å². The molecule has 0 spiro atoms. The quantitative estimate of drug-likeness (QED) is 0.214. The second kappa shape index (κ2) is 10.6. The van der Waals surface area contributed by atoms with Crippen LogP contribution >= 0.6 is 35.0 Å². The summed E-state index contributed by atoms with van der Waals surface area (Å²) in [5.74, 6) is 0.472. The Morgan fingerprint density at radius 1 is 1.03 bits per heavy atom. The van der Waals surface area contributed by atoms with Gasteiger partial charge in [0.15, 0.2) is 11.0 Å². The second-order valence-electron chi connectivity index (χ2n) is 6.89. The standard InChI is InChI=1S/C23H18Cl2N6OS/c1-15(17-3-2-12-26-13-17)27-28-21(32)14-33-23-30-29-22(16-4-6-18(24)7-5-16)31(23)20-10-8-19(25)9-11-20/h2-13H,14H2,1H3,(H,28,32)/b27-15-. The van der Waals surface area contributed by atoms with Crippen molar-refractivity contribution in [2.24, 2.45) is 5.10 Å². The van der Waals surface area contributed by atoms with Crippen LogP contribution in [-0.2, 0) is 4.79 Å². The molecule has 0 aliphatic carbocycles. The lowest BCUT2D eigenvalue weighted by Crippen LogP contribution is -2.21. The minimum absolute atomic E-state index is 0.107. The van der Waals surface area contributed by atoms with Crippen molar-refractivity contribution in [3.8, 4) is 17.1 Å². The first-order valence-corrected chi connectivity index (χ1v) is 11.6. The van der Waals surface area contributed by atoms with Gasteiger partial charge in [-0.1, -0.05) is 41.0 Å². The summed E-state index contributed by atoms with van der Waals surface area (Å²) in [6, 6.07) is 18.3. The molecule has 1 amide bonds. The van der Waals surface area contributed by atoms with E-state index in [9.17, 15) is 4.79 Å². The zero-order chi connectivity index (χ0) is 23.2. The Bertz CT molecular complexity index is 1270. The van der Waals surface area contributed by atoms with E-state index in [2.05, 4.69) is 25.7 Å². The van der Waals surface area contributed by atoms with Crippen LogP contribution in [0.2, 0.25) is 10.0 Å². The topological polar surface area (TPSA) is 85.1 Å². The van der Waals surface area contributed by atoms with Crippen LogP contribution in [0, 0.1) is 0 Å². The Morgan fingerprint density at radius 3 is 2.39 bits per heavy atom. The van der Waals surface area contributed by atoms with Gasteiger partial charge in [0, 0.05) is 39.3 Å². The van der Waals surface area contributed by atoms with Crippen LogP contribution in [0.15, 0.2) is 83.3 Å². The zero-order valence-corrected chi connectivity index (χ0v) is 19.8. The van der Waals surface area contributed by atoms with Crippen LogP contribution in [0.1, 0.15) is 12.5 Å². The lowest BCUT2D eigenvalue weighted by molar-refractivity contribution is -0.118. The molecule has 7 nitrogen and oxygen atoms in total. The number of thioether (sulfide) groups is 1. The molecule has 4 aromatic rings. The van der Waals surface area contributed by atoms with Crippen LogP contribution in [0.4, 0.5) is 0 Å². The van der Waals surface area contributed by atoms with Gasteiger partial charge in [-0.15, -0.1) is 10.2 Å². The molecule has 2 aromatic heterocycles.